The molecule has 1 fully saturated rings. The van der Waals surface area contributed by atoms with Gasteiger partial charge in [0.05, 0.1) is 6.04 Å². The quantitative estimate of drug-likeness (QED) is 0.633. The van der Waals surface area contributed by atoms with Crippen LogP contribution in [0.4, 0.5) is 0 Å². The molecule has 0 aliphatic carbocycles. The number of carbonyl (C=O) groups excluding carboxylic acids is 1. The van der Waals surface area contributed by atoms with Crippen LogP contribution >= 0.6 is 11.8 Å². The highest BCUT2D eigenvalue weighted by Gasteiger charge is 2.43. The Hall–Kier alpha value is -2.48. The van der Waals surface area contributed by atoms with E-state index in [2.05, 4.69) is 74.5 Å². The van der Waals surface area contributed by atoms with E-state index in [1.807, 2.05) is 13.0 Å². The van der Waals surface area contributed by atoms with Crippen LogP contribution in [0.3, 0.4) is 0 Å². The van der Waals surface area contributed by atoms with Gasteiger partial charge in [-0.25, -0.2) is 4.98 Å². The molecule has 2 aliphatic rings. The minimum absolute atomic E-state index is 0.0198. The molecule has 6 nitrogen and oxygen atoms in total. The van der Waals surface area contributed by atoms with Crippen LogP contribution in [0.2, 0.25) is 0 Å². The minimum Gasteiger partial charge on any atom is -0.297 e. The van der Waals surface area contributed by atoms with Gasteiger partial charge in [0.1, 0.15) is 11.1 Å². The van der Waals surface area contributed by atoms with Crippen molar-refractivity contribution in [2.45, 2.75) is 29.9 Å². The zero-order valence-corrected chi connectivity index (χ0v) is 17.8. The second-order valence-electron chi connectivity index (χ2n) is 7.88. The highest BCUT2D eigenvalue weighted by atomic mass is 32.2. The summed E-state index contributed by atoms with van der Waals surface area (Å²) in [4.78, 5) is 22.6. The summed E-state index contributed by atoms with van der Waals surface area (Å²) < 4.78 is 1.49. The van der Waals surface area contributed by atoms with Crippen LogP contribution in [0.15, 0.2) is 65.8 Å². The van der Waals surface area contributed by atoms with Crippen molar-refractivity contribution >= 4 is 17.7 Å². The summed E-state index contributed by atoms with van der Waals surface area (Å²) in [5.74, 6) is 0.686. The molecule has 2 aliphatic heterocycles. The third-order valence-corrected chi connectivity index (χ3v) is 7.03. The fourth-order valence-electron chi connectivity index (χ4n) is 4.37. The van der Waals surface area contributed by atoms with E-state index in [9.17, 15) is 4.79 Å². The first-order valence-corrected chi connectivity index (χ1v) is 11.3. The first kappa shape index (κ1) is 19.5. The zero-order chi connectivity index (χ0) is 20.5. The molecule has 2 unspecified atom stereocenters. The number of piperazine rings is 1. The molecule has 7 heteroatoms. The lowest BCUT2D eigenvalue weighted by Gasteiger charge is -2.41. The second-order valence-corrected chi connectivity index (χ2v) is 8.99. The Morgan fingerprint density at radius 1 is 1.00 bits per heavy atom. The van der Waals surface area contributed by atoms with Crippen molar-refractivity contribution in [2.24, 2.45) is 0 Å². The lowest BCUT2D eigenvalue weighted by Crippen LogP contribution is -2.50. The van der Waals surface area contributed by atoms with Crippen LogP contribution in [-0.2, 0) is 6.54 Å². The summed E-state index contributed by atoms with van der Waals surface area (Å²) in [6, 6.07) is 21.0. The topological polar surface area (TPSA) is 54.3 Å². The molecular weight excluding hydrogens is 394 g/mol. The molecule has 1 saturated heterocycles. The SMILES string of the molecule is Cc1nc2n(n1)C(=O)C(C(c1ccccc1)N1CCN(Cc3ccccc3)CC1)S2. The van der Waals surface area contributed by atoms with Crippen molar-refractivity contribution in [1.29, 1.82) is 0 Å². The number of nitrogens with zero attached hydrogens (tertiary/aromatic N) is 5. The van der Waals surface area contributed by atoms with E-state index in [4.69, 9.17) is 0 Å². The van der Waals surface area contributed by atoms with Crippen LogP contribution in [0.5, 0.6) is 0 Å². The molecule has 0 spiro atoms. The van der Waals surface area contributed by atoms with E-state index in [0.717, 1.165) is 32.7 Å². The van der Waals surface area contributed by atoms with Gasteiger partial charge in [-0.2, -0.15) is 4.68 Å². The first-order valence-electron chi connectivity index (χ1n) is 10.4. The highest BCUT2D eigenvalue weighted by molar-refractivity contribution is 8.00. The monoisotopic (exact) mass is 419 g/mol. The molecule has 2 aromatic carbocycles. The summed E-state index contributed by atoms with van der Waals surface area (Å²) >= 11 is 1.55. The van der Waals surface area contributed by atoms with Crippen molar-refractivity contribution in [3.63, 3.8) is 0 Å². The Morgan fingerprint density at radius 3 is 2.33 bits per heavy atom. The van der Waals surface area contributed by atoms with E-state index in [-0.39, 0.29) is 17.2 Å². The maximum absolute atomic E-state index is 13.2. The Balaban J connectivity index is 1.34. The van der Waals surface area contributed by atoms with Crippen LogP contribution in [0.1, 0.15) is 27.8 Å². The molecule has 30 heavy (non-hydrogen) atoms. The molecule has 0 bridgehead atoms. The maximum Gasteiger partial charge on any atom is 0.264 e. The van der Waals surface area contributed by atoms with E-state index in [1.54, 1.807) is 11.8 Å². The lowest BCUT2D eigenvalue weighted by molar-refractivity contribution is 0.0715. The average Bonchev–Trinajstić information content (AvgIpc) is 3.28. The van der Waals surface area contributed by atoms with Crippen molar-refractivity contribution in [3.05, 3.63) is 77.6 Å². The molecule has 2 atom stereocenters. The number of hydrogen-bond acceptors (Lipinski definition) is 6. The third kappa shape index (κ3) is 3.80. The molecular formula is C23H25N5OS. The lowest BCUT2D eigenvalue weighted by atomic mass is 10.00. The van der Waals surface area contributed by atoms with Crippen LogP contribution in [0.25, 0.3) is 0 Å². The van der Waals surface area contributed by atoms with Gasteiger partial charge >= 0.3 is 0 Å². The molecule has 3 aromatic rings. The number of hydrogen-bond donors (Lipinski definition) is 0. The predicted molar refractivity (Wildman–Crippen MR) is 118 cm³/mol. The van der Waals surface area contributed by atoms with Crippen molar-refractivity contribution < 1.29 is 4.79 Å². The van der Waals surface area contributed by atoms with E-state index in [1.165, 1.54) is 15.8 Å². The number of carbonyl (C=O) groups is 1. The smallest absolute Gasteiger partial charge is 0.264 e. The standard InChI is InChI=1S/C23H25N5OS/c1-17-24-23-28(25-17)22(29)21(30-23)20(19-10-6-3-7-11-19)27-14-12-26(13-15-27)16-18-8-4-2-5-9-18/h2-11,20-21H,12-16H2,1H3. The summed E-state index contributed by atoms with van der Waals surface area (Å²) in [7, 11) is 0. The van der Waals surface area contributed by atoms with Gasteiger partial charge in [-0.1, -0.05) is 72.4 Å². The van der Waals surface area contributed by atoms with Gasteiger partial charge in [-0.05, 0) is 18.1 Å². The van der Waals surface area contributed by atoms with Crippen molar-refractivity contribution in [1.82, 2.24) is 24.6 Å². The molecule has 5 rings (SSSR count). The Kier molecular flexibility index (Phi) is 5.41. The largest absolute Gasteiger partial charge is 0.297 e. The second kappa shape index (κ2) is 8.34. The first-order chi connectivity index (χ1) is 14.7. The summed E-state index contributed by atoms with van der Waals surface area (Å²) in [5, 5.41) is 4.81. The van der Waals surface area contributed by atoms with Gasteiger partial charge in [0, 0.05) is 32.7 Å². The van der Waals surface area contributed by atoms with E-state index in [0.29, 0.717) is 11.0 Å². The van der Waals surface area contributed by atoms with Gasteiger partial charge in [0.15, 0.2) is 5.16 Å². The number of rotatable bonds is 5. The summed E-state index contributed by atoms with van der Waals surface area (Å²) in [5.41, 5.74) is 2.53. The number of aryl methyl sites for hydroxylation is 1. The number of aromatic nitrogens is 3. The average molecular weight is 420 g/mol. The van der Waals surface area contributed by atoms with Gasteiger partial charge in [0.25, 0.3) is 5.91 Å². The van der Waals surface area contributed by atoms with E-state index >= 15 is 0 Å². The van der Waals surface area contributed by atoms with Crippen molar-refractivity contribution in [3.8, 4) is 0 Å². The van der Waals surface area contributed by atoms with Crippen molar-refractivity contribution in [2.75, 3.05) is 26.2 Å². The fraction of sp³-hybridized carbons (Fsp3) is 0.348. The number of fused-ring (bicyclic) bond motifs is 1. The predicted octanol–water partition coefficient (Wildman–Crippen LogP) is 3.26. The summed E-state index contributed by atoms with van der Waals surface area (Å²) in [6.45, 7) is 6.66. The molecule has 1 aromatic heterocycles. The third-order valence-electron chi connectivity index (χ3n) is 5.85. The minimum atomic E-state index is -0.219. The van der Waals surface area contributed by atoms with Gasteiger partial charge in [-0.3, -0.25) is 14.6 Å². The molecule has 3 heterocycles. The summed E-state index contributed by atoms with van der Waals surface area (Å²) in [6.07, 6.45) is 0. The number of benzene rings is 2. The van der Waals surface area contributed by atoms with Crippen LogP contribution in [0, 0.1) is 6.92 Å². The molecule has 0 radical (unpaired) electrons. The Morgan fingerprint density at radius 2 is 1.67 bits per heavy atom. The molecule has 0 amide bonds. The van der Waals surface area contributed by atoms with Gasteiger partial charge in [0.2, 0.25) is 0 Å². The van der Waals surface area contributed by atoms with Crippen LogP contribution in [-0.4, -0.2) is 61.9 Å². The Labute approximate surface area is 180 Å². The zero-order valence-electron chi connectivity index (χ0n) is 17.0. The molecule has 154 valence electrons. The van der Waals surface area contributed by atoms with E-state index < -0.39 is 0 Å². The molecule has 0 saturated carbocycles. The Bertz CT molecular complexity index is 1010. The fourth-order valence-corrected chi connectivity index (χ4v) is 5.67. The maximum atomic E-state index is 13.2. The van der Waals surface area contributed by atoms with Gasteiger partial charge in [-0.15, -0.1) is 5.10 Å². The van der Waals surface area contributed by atoms with Gasteiger partial charge < -0.3 is 0 Å². The van der Waals surface area contributed by atoms with Crippen LogP contribution < -0.4 is 0 Å². The number of thioether (sulfide) groups is 1. The molecule has 0 N–H and O–H groups in total. The normalized spacial score (nSPS) is 21.0. The highest BCUT2D eigenvalue weighted by Crippen LogP contribution is 2.41.